The van der Waals surface area contributed by atoms with Crippen LogP contribution in [0.5, 0.6) is 0 Å². The number of methoxy groups -OCH3 is 1. The Hall–Kier alpha value is -1.40. The molecule has 1 unspecified atom stereocenters. The monoisotopic (exact) mass is 251 g/mol. The van der Waals surface area contributed by atoms with Crippen molar-refractivity contribution in [3.63, 3.8) is 0 Å². The number of anilines is 2. The maximum absolute atomic E-state index is 5.92. The Kier molecular flexibility index (Phi) is 4.33. The van der Waals surface area contributed by atoms with Crippen LogP contribution in [0.4, 0.5) is 11.6 Å². The molecule has 6 heteroatoms. The molecule has 0 aromatic carbocycles. The summed E-state index contributed by atoms with van der Waals surface area (Å²) in [6.07, 6.45) is 1.02. The van der Waals surface area contributed by atoms with E-state index in [0.29, 0.717) is 6.61 Å². The van der Waals surface area contributed by atoms with E-state index in [1.165, 1.54) is 0 Å². The fraction of sp³-hybridized carbons (Fsp3) is 0.667. The molecule has 0 aliphatic carbocycles. The standard InChI is InChI=1S/C12H21N5O/c1-9-15-11(14-4-6-18-2)7-12(16-9)17-5-3-10(13)8-17/h7,10H,3-6,8,13H2,1-2H3,(H,14,15,16). The van der Waals surface area contributed by atoms with Crippen molar-refractivity contribution >= 4 is 11.6 Å². The lowest BCUT2D eigenvalue weighted by Crippen LogP contribution is -2.27. The van der Waals surface area contributed by atoms with Gasteiger partial charge in [0.05, 0.1) is 6.61 Å². The Bertz CT molecular complexity index is 398. The van der Waals surface area contributed by atoms with Crippen LogP contribution in [-0.4, -0.2) is 49.4 Å². The molecule has 3 N–H and O–H groups in total. The Balaban J connectivity index is 2.06. The van der Waals surface area contributed by atoms with E-state index in [4.69, 9.17) is 10.5 Å². The van der Waals surface area contributed by atoms with Gasteiger partial charge in [-0.15, -0.1) is 0 Å². The highest BCUT2D eigenvalue weighted by molar-refractivity contribution is 5.50. The van der Waals surface area contributed by atoms with Gasteiger partial charge in [-0.3, -0.25) is 0 Å². The second-order valence-electron chi connectivity index (χ2n) is 4.57. The molecule has 1 aliphatic rings. The van der Waals surface area contributed by atoms with Gasteiger partial charge in [-0.05, 0) is 13.3 Å². The molecule has 100 valence electrons. The molecule has 18 heavy (non-hydrogen) atoms. The molecule has 1 atom stereocenters. The van der Waals surface area contributed by atoms with E-state index in [-0.39, 0.29) is 6.04 Å². The summed E-state index contributed by atoms with van der Waals surface area (Å²) in [5.74, 6) is 2.57. The van der Waals surface area contributed by atoms with Gasteiger partial charge in [0.1, 0.15) is 17.5 Å². The van der Waals surface area contributed by atoms with Crippen molar-refractivity contribution < 1.29 is 4.74 Å². The van der Waals surface area contributed by atoms with Crippen LogP contribution in [0.1, 0.15) is 12.2 Å². The number of rotatable bonds is 5. The van der Waals surface area contributed by atoms with E-state index in [9.17, 15) is 0 Å². The summed E-state index contributed by atoms with van der Waals surface area (Å²) in [7, 11) is 1.68. The summed E-state index contributed by atoms with van der Waals surface area (Å²) in [6.45, 7) is 5.14. The fourth-order valence-corrected chi connectivity index (χ4v) is 2.08. The molecular formula is C12H21N5O. The molecule has 1 fully saturated rings. The second-order valence-corrected chi connectivity index (χ2v) is 4.57. The molecule has 0 spiro atoms. The maximum Gasteiger partial charge on any atom is 0.134 e. The third-order valence-corrected chi connectivity index (χ3v) is 2.99. The van der Waals surface area contributed by atoms with E-state index < -0.39 is 0 Å². The zero-order valence-corrected chi connectivity index (χ0v) is 11.0. The zero-order chi connectivity index (χ0) is 13.0. The van der Waals surface area contributed by atoms with Crippen molar-refractivity contribution in [3.8, 4) is 0 Å². The molecule has 2 rings (SSSR count). The molecule has 6 nitrogen and oxygen atoms in total. The van der Waals surface area contributed by atoms with E-state index in [1.54, 1.807) is 7.11 Å². The van der Waals surface area contributed by atoms with E-state index in [0.717, 1.165) is 43.5 Å². The Morgan fingerprint density at radius 2 is 2.39 bits per heavy atom. The van der Waals surface area contributed by atoms with Gasteiger partial charge in [0.2, 0.25) is 0 Å². The highest BCUT2D eigenvalue weighted by atomic mass is 16.5. The Labute approximate surface area is 108 Å². The van der Waals surface area contributed by atoms with Gasteiger partial charge in [0.25, 0.3) is 0 Å². The normalized spacial score (nSPS) is 19.3. The molecule has 0 saturated carbocycles. The number of hydrogen-bond donors (Lipinski definition) is 2. The molecule has 1 saturated heterocycles. The fourth-order valence-electron chi connectivity index (χ4n) is 2.08. The summed E-state index contributed by atoms with van der Waals surface area (Å²) >= 11 is 0. The van der Waals surface area contributed by atoms with E-state index in [2.05, 4.69) is 20.2 Å². The SMILES string of the molecule is COCCNc1cc(N2CCC(N)C2)nc(C)n1. The van der Waals surface area contributed by atoms with Crippen LogP contribution in [0.3, 0.4) is 0 Å². The molecule has 0 bridgehead atoms. The van der Waals surface area contributed by atoms with Crippen molar-refractivity contribution in [3.05, 3.63) is 11.9 Å². The zero-order valence-electron chi connectivity index (χ0n) is 11.0. The van der Waals surface area contributed by atoms with Crippen molar-refractivity contribution in [1.82, 2.24) is 9.97 Å². The first-order valence-corrected chi connectivity index (χ1v) is 6.28. The van der Waals surface area contributed by atoms with E-state index in [1.807, 2.05) is 13.0 Å². The van der Waals surface area contributed by atoms with Gasteiger partial charge in [0, 0.05) is 38.9 Å². The first-order valence-electron chi connectivity index (χ1n) is 6.28. The van der Waals surface area contributed by atoms with Crippen molar-refractivity contribution in [2.45, 2.75) is 19.4 Å². The summed E-state index contributed by atoms with van der Waals surface area (Å²) in [6, 6.07) is 2.23. The number of aryl methyl sites for hydroxylation is 1. The van der Waals surface area contributed by atoms with Crippen LogP contribution >= 0.6 is 0 Å². The second kappa shape index (κ2) is 5.97. The number of hydrogen-bond acceptors (Lipinski definition) is 6. The molecular weight excluding hydrogens is 230 g/mol. The minimum absolute atomic E-state index is 0.255. The van der Waals surface area contributed by atoms with Crippen LogP contribution < -0.4 is 16.0 Å². The highest BCUT2D eigenvalue weighted by Gasteiger charge is 2.20. The van der Waals surface area contributed by atoms with Crippen molar-refractivity contribution in [2.24, 2.45) is 5.73 Å². The third kappa shape index (κ3) is 3.30. The minimum atomic E-state index is 0.255. The lowest BCUT2D eigenvalue weighted by molar-refractivity contribution is 0.210. The lowest BCUT2D eigenvalue weighted by Gasteiger charge is -2.18. The largest absolute Gasteiger partial charge is 0.383 e. The Morgan fingerprint density at radius 3 is 3.06 bits per heavy atom. The molecule has 1 aromatic rings. The average Bonchev–Trinajstić information content (AvgIpc) is 2.76. The topological polar surface area (TPSA) is 76.3 Å². The third-order valence-electron chi connectivity index (χ3n) is 2.99. The highest BCUT2D eigenvalue weighted by Crippen LogP contribution is 2.20. The van der Waals surface area contributed by atoms with E-state index >= 15 is 0 Å². The predicted octanol–water partition coefficient (Wildman–Crippen LogP) is 0.381. The van der Waals surface area contributed by atoms with Gasteiger partial charge in [0.15, 0.2) is 0 Å². The summed E-state index contributed by atoms with van der Waals surface area (Å²) in [4.78, 5) is 11.0. The summed E-state index contributed by atoms with van der Waals surface area (Å²) < 4.78 is 5.01. The van der Waals surface area contributed by atoms with Crippen LogP contribution in [0.2, 0.25) is 0 Å². The van der Waals surface area contributed by atoms with Crippen molar-refractivity contribution in [2.75, 3.05) is 43.6 Å². The van der Waals surface area contributed by atoms with Crippen LogP contribution in [0.25, 0.3) is 0 Å². The van der Waals surface area contributed by atoms with Crippen molar-refractivity contribution in [1.29, 1.82) is 0 Å². The summed E-state index contributed by atoms with van der Waals surface area (Å²) in [5.41, 5.74) is 5.92. The summed E-state index contributed by atoms with van der Waals surface area (Å²) in [5, 5.41) is 3.23. The van der Waals surface area contributed by atoms with Gasteiger partial charge < -0.3 is 20.7 Å². The maximum atomic E-state index is 5.92. The molecule has 0 radical (unpaired) electrons. The van der Waals surface area contributed by atoms with Gasteiger partial charge in [-0.1, -0.05) is 0 Å². The number of nitrogens with two attached hydrogens (primary N) is 1. The average molecular weight is 251 g/mol. The molecule has 2 heterocycles. The molecule has 1 aromatic heterocycles. The van der Waals surface area contributed by atoms with Crippen LogP contribution in [0, 0.1) is 6.92 Å². The smallest absolute Gasteiger partial charge is 0.134 e. The van der Waals surface area contributed by atoms with Crippen LogP contribution in [0.15, 0.2) is 6.07 Å². The predicted molar refractivity (Wildman–Crippen MR) is 71.9 cm³/mol. The number of aromatic nitrogens is 2. The molecule has 0 amide bonds. The Morgan fingerprint density at radius 1 is 1.56 bits per heavy atom. The molecule has 1 aliphatic heterocycles. The van der Waals surface area contributed by atoms with Gasteiger partial charge >= 0.3 is 0 Å². The van der Waals surface area contributed by atoms with Gasteiger partial charge in [-0.25, -0.2) is 9.97 Å². The first-order chi connectivity index (χ1) is 8.69. The number of ether oxygens (including phenoxy) is 1. The first kappa shape index (κ1) is 13.0. The minimum Gasteiger partial charge on any atom is -0.383 e. The van der Waals surface area contributed by atoms with Gasteiger partial charge in [-0.2, -0.15) is 0 Å². The number of nitrogens with one attached hydrogen (secondary N) is 1. The number of nitrogens with zero attached hydrogens (tertiary/aromatic N) is 3. The lowest BCUT2D eigenvalue weighted by atomic mass is 10.3. The quantitative estimate of drug-likeness (QED) is 0.737. The van der Waals surface area contributed by atoms with Crippen LogP contribution in [-0.2, 0) is 4.74 Å².